The summed E-state index contributed by atoms with van der Waals surface area (Å²) in [6.07, 6.45) is 1.57. The summed E-state index contributed by atoms with van der Waals surface area (Å²) in [6.45, 7) is 2.27. The van der Waals surface area contributed by atoms with Gasteiger partial charge in [0.25, 0.3) is 5.84 Å². The van der Waals surface area contributed by atoms with Crippen LogP contribution < -0.4 is 26.8 Å². The van der Waals surface area contributed by atoms with Crippen molar-refractivity contribution in [1.29, 1.82) is 0 Å². The molecule has 1 unspecified atom stereocenters. The van der Waals surface area contributed by atoms with Crippen LogP contribution in [0.15, 0.2) is 28.4 Å². The lowest BCUT2D eigenvalue weighted by molar-refractivity contribution is -0.680. The van der Waals surface area contributed by atoms with Crippen LogP contribution in [0.25, 0.3) is 0 Å². The van der Waals surface area contributed by atoms with Crippen LogP contribution in [0.2, 0.25) is 0 Å². The molecule has 1 N–H and O–H groups in total. The Balaban J connectivity index is 0.00000242. The lowest BCUT2D eigenvalue weighted by Gasteiger charge is -2.12. The molecule has 1 atom stereocenters. The van der Waals surface area contributed by atoms with Gasteiger partial charge in [0.2, 0.25) is 6.34 Å². The van der Waals surface area contributed by atoms with Crippen LogP contribution in [0.5, 0.6) is 11.5 Å². The SMILES string of the molecule is CCOC(=O)C[NH+]1C=NN=C1c1ccc(OC)c(OC)c1.[Cl-]. The number of quaternary nitrogens is 1. The molecule has 22 heavy (non-hydrogen) atoms. The van der Waals surface area contributed by atoms with E-state index >= 15 is 0 Å². The highest BCUT2D eigenvalue weighted by Gasteiger charge is 2.26. The molecule has 1 heterocycles. The number of esters is 1. The fraction of sp³-hybridized carbons (Fsp3) is 0.357. The van der Waals surface area contributed by atoms with Crippen molar-refractivity contribution in [3.05, 3.63) is 23.8 Å². The number of hydrogen-bond acceptors (Lipinski definition) is 6. The zero-order valence-corrected chi connectivity index (χ0v) is 13.4. The normalized spacial score (nSPS) is 15.8. The number of carbonyl (C=O) groups is 1. The van der Waals surface area contributed by atoms with Gasteiger partial charge in [0.05, 0.1) is 26.4 Å². The van der Waals surface area contributed by atoms with Gasteiger partial charge in [0, 0.05) is 0 Å². The smallest absolute Gasteiger partial charge is 0.362 e. The van der Waals surface area contributed by atoms with E-state index in [4.69, 9.17) is 14.2 Å². The molecule has 1 aliphatic rings. The second-order valence-corrected chi connectivity index (χ2v) is 4.27. The summed E-state index contributed by atoms with van der Waals surface area (Å²) in [4.78, 5) is 12.3. The van der Waals surface area contributed by atoms with Gasteiger partial charge in [-0.25, -0.2) is 9.69 Å². The number of methoxy groups -OCH3 is 2. The third-order valence-electron chi connectivity index (χ3n) is 2.97. The van der Waals surface area contributed by atoms with Gasteiger partial charge in [-0.15, -0.1) is 0 Å². The second kappa shape index (κ2) is 8.35. The average molecular weight is 328 g/mol. The topological polar surface area (TPSA) is 73.9 Å². The van der Waals surface area contributed by atoms with Gasteiger partial charge in [0.15, 0.2) is 18.0 Å². The minimum Gasteiger partial charge on any atom is -1.00 e. The molecule has 7 nitrogen and oxygen atoms in total. The maximum absolute atomic E-state index is 11.6. The van der Waals surface area contributed by atoms with Crippen LogP contribution >= 0.6 is 0 Å². The molecule has 8 heteroatoms. The largest absolute Gasteiger partial charge is 1.00 e. The summed E-state index contributed by atoms with van der Waals surface area (Å²) in [5.74, 6) is 1.57. The van der Waals surface area contributed by atoms with E-state index in [0.717, 1.165) is 10.5 Å². The summed E-state index contributed by atoms with van der Waals surface area (Å²) in [6, 6.07) is 5.44. The molecule has 1 aromatic carbocycles. The van der Waals surface area contributed by atoms with Crippen LogP contribution in [0.3, 0.4) is 0 Å². The van der Waals surface area contributed by atoms with Crippen molar-refractivity contribution < 1.29 is 36.3 Å². The van der Waals surface area contributed by atoms with Crippen molar-refractivity contribution in [1.82, 2.24) is 0 Å². The molecule has 0 saturated carbocycles. The molecule has 0 fully saturated rings. The van der Waals surface area contributed by atoms with Crippen LogP contribution in [0.4, 0.5) is 0 Å². The Kier molecular flexibility index (Phi) is 6.81. The highest BCUT2D eigenvalue weighted by molar-refractivity contribution is 5.98. The highest BCUT2D eigenvalue weighted by Crippen LogP contribution is 2.27. The number of ether oxygens (including phenoxy) is 3. The Labute approximate surface area is 135 Å². The Morgan fingerprint density at radius 3 is 2.59 bits per heavy atom. The molecule has 0 spiro atoms. The predicted molar refractivity (Wildman–Crippen MR) is 77.0 cm³/mol. The van der Waals surface area contributed by atoms with E-state index in [1.165, 1.54) is 0 Å². The van der Waals surface area contributed by atoms with Gasteiger partial charge in [0.1, 0.15) is 0 Å². The van der Waals surface area contributed by atoms with E-state index < -0.39 is 0 Å². The lowest BCUT2D eigenvalue weighted by Crippen LogP contribution is -3.13. The number of halogens is 1. The number of hydrogen-bond donors (Lipinski definition) is 1. The minimum atomic E-state index is -0.297. The Morgan fingerprint density at radius 2 is 1.95 bits per heavy atom. The first-order valence-corrected chi connectivity index (χ1v) is 6.54. The number of nitrogens with zero attached hydrogens (tertiary/aromatic N) is 2. The van der Waals surface area contributed by atoms with Gasteiger partial charge >= 0.3 is 5.97 Å². The Hall–Kier alpha value is -2.12. The highest BCUT2D eigenvalue weighted by atomic mass is 35.5. The standard InChI is InChI=1S/C14H17N3O4.ClH/c1-4-21-13(18)8-17-9-15-16-14(17)10-5-6-11(19-2)12(7-10)20-3;/h5-7,9H,4,8H2,1-3H3;1H. The summed E-state index contributed by atoms with van der Waals surface area (Å²) in [5, 5.41) is 7.96. The molecular formula is C14H18ClN3O4. The van der Waals surface area contributed by atoms with Crippen molar-refractivity contribution in [2.45, 2.75) is 6.92 Å². The van der Waals surface area contributed by atoms with Gasteiger partial charge in [-0.3, -0.25) is 0 Å². The van der Waals surface area contributed by atoms with Crippen molar-refractivity contribution in [2.24, 2.45) is 10.2 Å². The third kappa shape index (κ3) is 3.96. The summed E-state index contributed by atoms with van der Waals surface area (Å²) in [5.41, 5.74) is 0.810. The van der Waals surface area contributed by atoms with E-state index in [-0.39, 0.29) is 24.9 Å². The fourth-order valence-electron chi connectivity index (χ4n) is 2.01. The van der Waals surface area contributed by atoms with Crippen LogP contribution in [0, 0.1) is 0 Å². The predicted octanol–water partition coefficient (Wildman–Crippen LogP) is -3.14. The maximum atomic E-state index is 11.6. The van der Waals surface area contributed by atoms with Crippen molar-refractivity contribution in [2.75, 3.05) is 27.4 Å². The quantitative estimate of drug-likeness (QED) is 0.560. The van der Waals surface area contributed by atoms with Crippen LogP contribution in [0.1, 0.15) is 12.5 Å². The van der Waals surface area contributed by atoms with Gasteiger partial charge in [-0.1, -0.05) is 10.2 Å². The average Bonchev–Trinajstić information content (AvgIpc) is 2.94. The Bertz CT molecular complexity index is 589. The lowest BCUT2D eigenvalue weighted by atomic mass is 10.1. The summed E-state index contributed by atoms with van der Waals surface area (Å²) in [7, 11) is 3.14. The first-order chi connectivity index (χ1) is 10.2. The number of benzene rings is 1. The molecule has 120 valence electrons. The third-order valence-corrected chi connectivity index (χ3v) is 2.97. The van der Waals surface area contributed by atoms with E-state index in [2.05, 4.69) is 10.2 Å². The van der Waals surface area contributed by atoms with Crippen molar-refractivity contribution >= 4 is 18.1 Å². The van der Waals surface area contributed by atoms with E-state index in [1.54, 1.807) is 39.6 Å². The fourth-order valence-corrected chi connectivity index (χ4v) is 2.01. The monoisotopic (exact) mass is 327 g/mol. The molecule has 0 radical (unpaired) electrons. The number of rotatable bonds is 6. The van der Waals surface area contributed by atoms with Gasteiger partial charge in [-0.05, 0) is 25.1 Å². The zero-order valence-electron chi connectivity index (χ0n) is 12.6. The molecule has 0 aliphatic carbocycles. The molecule has 0 bridgehead atoms. The number of carbonyl (C=O) groups excluding carboxylic acids is 1. The number of nitrogens with one attached hydrogen (secondary N) is 1. The van der Waals surface area contributed by atoms with Gasteiger partial charge in [-0.2, -0.15) is 0 Å². The van der Waals surface area contributed by atoms with E-state index in [0.29, 0.717) is 23.9 Å². The molecular weight excluding hydrogens is 310 g/mol. The summed E-state index contributed by atoms with van der Waals surface area (Å²) < 4.78 is 15.4. The molecule has 0 saturated heterocycles. The first-order valence-electron chi connectivity index (χ1n) is 6.54. The van der Waals surface area contributed by atoms with E-state index in [9.17, 15) is 4.79 Å². The van der Waals surface area contributed by atoms with Crippen molar-refractivity contribution in [3.63, 3.8) is 0 Å². The molecule has 1 aromatic rings. The van der Waals surface area contributed by atoms with Gasteiger partial charge < -0.3 is 26.6 Å². The molecule has 0 amide bonds. The van der Waals surface area contributed by atoms with Crippen LogP contribution in [-0.4, -0.2) is 45.5 Å². The minimum absolute atomic E-state index is 0. The Morgan fingerprint density at radius 1 is 1.23 bits per heavy atom. The molecule has 0 aromatic heterocycles. The zero-order chi connectivity index (χ0) is 15.2. The number of amidine groups is 1. The molecule has 2 rings (SSSR count). The second-order valence-electron chi connectivity index (χ2n) is 4.27. The summed E-state index contributed by atoms with van der Waals surface area (Å²) >= 11 is 0. The first kappa shape index (κ1) is 17.9. The molecule has 1 aliphatic heterocycles. The van der Waals surface area contributed by atoms with Crippen molar-refractivity contribution in [3.8, 4) is 11.5 Å². The van der Waals surface area contributed by atoms with Crippen LogP contribution in [-0.2, 0) is 9.53 Å². The van der Waals surface area contributed by atoms with E-state index in [1.807, 2.05) is 6.07 Å². The maximum Gasteiger partial charge on any atom is 0.362 e.